The van der Waals surface area contributed by atoms with Crippen molar-refractivity contribution < 1.29 is 4.79 Å². The van der Waals surface area contributed by atoms with Crippen LogP contribution in [0.3, 0.4) is 0 Å². The Morgan fingerprint density at radius 3 is 2.19 bits per heavy atom. The maximum Gasteiger partial charge on any atom is 0.253 e. The van der Waals surface area contributed by atoms with Gasteiger partial charge in [0.15, 0.2) is 0 Å². The number of rotatable bonds is 2. The molecule has 0 aromatic heterocycles. The van der Waals surface area contributed by atoms with E-state index in [1.54, 1.807) is 0 Å². The van der Waals surface area contributed by atoms with E-state index in [1.165, 1.54) is 32.1 Å². The largest absolute Gasteiger partial charge is 0.336 e. The number of nitrogens with zero attached hydrogens (tertiary/aromatic N) is 2. The molecule has 1 saturated carbocycles. The zero-order valence-electron chi connectivity index (χ0n) is 12.4. The van der Waals surface area contributed by atoms with Gasteiger partial charge in [0.2, 0.25) is 0 Å². The number of hydrogen-bond acceptors (Lipinski definition) is 2. The lowest BCUT2D eigenvalue weighted by atomic mass is 9.94. The van der Waals surface area contributed by atoms with E-state index >= 15 is 0 Å². The Kier molecular flexibility index (Phi) is 4.96. The first-order valence-electron chi connectivity index (χ1n) is 8.03. The highest BCUT2D eigenvalue weighted by Gasteiger charge is 2.27. The molecule has 1 heterocycles. The minimum absolute atomic E-state index is 0.172. The molecule has 114 valence electrons. The van der Waals surface area contributed by atoms with E-state index in [1.807, 2.05) is 29.2 Å². The van der Waals surface area contributed by atoms with Gasteiger partial charge in [0.1, 0.15) is 0 Å². The van der Waals surface area contributed by atoms with E-state index in [2.05, 4.69) is 20.8 Å². The third-order valence-corrected chi connectivity index (χ3v) is 5.31. The van der Waals surface area contributed by atoms with Crippen LogP contribution in [0.4, 0.5) is 0 Å². The highest BCUT2D eigenvalue weighted by atomic mass is 79.9. The van der Waals surface area contributed by atoms with Gasteiger partial charge in [-0.2, -0.15) is 0 Å². The van der Waals surface area contributed by atoms with Gasteiger partial charge < -0.3 is 4.90 Å². The lowest BCUT2D eigenvalue weighted by Crippen LogP contribution is -2.52. The molecule has 1 aromatic rings. The monoisotopic (exact) mass is 350 g/mol. The first-order valence-corrected chi connectivity index (χ1v) is 8.82. The number of piperazine rings is 1. The van der Waals surface area contributed by atoms with Crippen LogP contribution in [0.25, 0.3) is 0 Å². The third-order valence-electron chi connectivity index (χ3n) is 4.78. The number of halogens is 1. The van der Waals surface area contributed by atoms with Gasteiger partial charge in [0.25, 0.3) is 5.91 Å². The summed E-state index contributed by atoms with van der Waals surface area (Å²) in [7, 11) is 0. The number of benzene rings is 1. The van der Waals surface area contributed by atoms with Crippen molar-refractivity contribution in [3.05, 3.63) is 34.3 Å². The SMILES string of the molecule is O=C(c1ccc(Br)cc1)N1CCN(C2CCCCC2)CC1. The number of carbonyl (C=O) groups excluding carboxylic acids is 1. The molecule has 1 aliphatic heterocycles. The van der Waals surface area contributed by atoms with Crippen LogP contribution in [-0.4, -0.2) is 47.9 Å². The average molecular weight is 351 g/mol. The summed E-state index contributed by atoms with van der Waals surface area (Å²) >= 11 is 3.41. The second-order valence-corrected chi connectivity index (χ2v) is 7.04. The van der Waals surface area contributed by atoms with Crippen molar-refractivity contribution in [2.75, 3.05) is 26.2 Å². The normalized spacial score (nSPS) is 21.5. The molecular weight excluding hydrogens is 328 g/mol. The molecule has 3 nitrogen and oxygen atoms in total. The van der Waals surface area contributed by atoms with Gasteiger partial charge >= 0.3 is 0 Å². The molecular formula is C17H23BrN2O. The van der Waals surface area contributed by atoms with E-state index in [0.29, 0.717) is 0 Å². The van der Waals surface area contributed by atoms with Crippen LogP contribution >= 0.6 is 15.9 Å². The van der Waals surface area contributed by atoms with Gasteiger partial charge in [0, 0.05) is 42.3 Å². The van der Waals surface area contributed by atoms with Crippen molar-refractivity contribution in [3.8, 4) is 0 Å². The van der Waals surface area contributed by atoms with Gasteiger partial charge in [-0.05, 0) is 37.1 Å². The molecule has 2 aliphatic rings. The lowest BCUT2D eigenvalue weighted by Gasteiger charge is -2.40. The smallest absolute Gasteiger partial charge is 0.253 e. The molecule has 1 aliphatic carbocycles. The van der Waals surface area contributed by atoms with Gasteiger partial charge in [0.05, 0.1) is 0 Å². The zero-order chi connectivity index (χ0) is 14.7. The molecule has 3 rings (SSSR count). The van der Waals surface area contributed by atoms with Gasteiger partial charge in [-0.15, -0.1) is 0 Å². The fraction of sp³-hybridized carbons (Fsp3) is 0.588. The van der Waals surface area contributed by atoms with Crippen molar-refractivity contribution >= 4 is 21.8 Å². The summed E-state index contributed by atoms with van der Waals surface area (Å²) in [5.41, 5.74) is 0.796. The summed E-state index contributed by atoms with van der Waals surface area (Å²) in [4.78, 5) is 17.1. The van der Waals surface area contributed by atoms with Crippen LogP contribution in [0.15, 0.2) is 28.7 Å². The quantitative estimate of drug-likeness (QED) is 0.814. The fourth-order valence-corrected chi connectivity index (χ4v) is 3.78. The minimum atomic E-state index is 0.172. The predicted molar refractivity (Wildman–Crippen MR) is 88.5 cm³/mol. The van der Waals surface area contributed by atoms with E-state index in [4.69, 9.17) is 0 Å². The summed E-state index contributed by atoms with van der Waals surface area (Å²) in [6.45, 7) is 3.80. The highest BCUT2D eigenvalue weighted by Crippen LogP contribution is 2.24. The molecule has 0 atom stereocenters. The summed E-state index contributed by atoms with van der Waals surface area (Å²) in [6.07, 6.45) is 6.85. The van der Waals surface area contributed by atoms with Gasteiger partial charge in [-0.25, -0.2) is 0 Å². The third kappa shape index (κ3) is 3.67. The summed E-state index contributed by atoms with van der Waals surface area (Å²) in [5, 5.41) is 0. The van der Waals surface area contributed by atoms with Crippen LogP contribution in [0.2, 0.25) is 0 Å². The lowest BCUT2D eigenvalue weighted by molar-refractivity contribution is 0.0523. The highest BCUT2D eigenvalue weighted by molar-refractivity contribution is 9.10. The van der Waals surface area contributed by atoms with E-state index in [9.17, 15) is 4.79 Å². The van der Waals surface area contributed by atoms with Crippen LogP contribution in [0.5, 0.6) is 0 Å². The van der Waals surface area contributed by atoms with Crippen LogP contribution < -0.4 is 0 Å². The van der Waals surface area contributed by atoms with Crippen LogP contribution in [0.1, 0.15) is 42.5 Å². The predicted octanol–water partition coefficient (Wildman–Crippen LogP) is 3.54. The standard InChI is InChI=1S/C17H23BrN2O/c18-15-8-6-14(7-9-15)17(21)20-12-10-19(11-13-20)16-4-2-1-3-5-16/h6-9,16H,1-5,10-13H2. The van der Waals surface area contributed by atoms with Crippen LogP contribution in [-0.2, 0) is 0 Å². The van der Waals surface area contributed by atoms with Gasteiger partial charge in [-0.3, -0.25) is 9.69 Å². The Balaban J connectivity index is 1.55. The van der Waals surface area contributed by atoms with Crippen molar-refractivity contribution in [1.82, 2.24) is 9.80 Å². The minimum Gasteiger partial charge on any atom is -0.336 e. The molecule has 1 aromatic carbocycles. The Bertz CT molecular complexity index is 474. The molecule has 1 saturated heterocycles. The molecule has 0 bridgehead atoms. The van der Waals surface area contributed by atoms with Crippen LogP contribution in [0, 0.1) is 0 Å². The Morgan fingerprint density at radius 1 is 0.952 bits per heavy atom. The molecule has 2 fully saturated rings. The topological polar surface area (TPSA) is 23.6 Å². The number of amides is 1. The Labute approximate surface area is 135 Å². The number of hydrogen-bond donors (Lipinski definition) is 0. The second-order valence-electron chi connectivity index (χ2n) is 6.13. The number of carbonyl (C=O) groups is 1. The Morgan fingerprint density at radius 2 is 1.57 bits per heavy atom. The summed E-state index contributed by atoms with van der Waals surface area (Å²) in [6, 6.07) is 8.44. The molecule has 0 radical (unpaired) electrons. The molecule has 4 heteroatoms. The van der Waals surface area contributed by atoms with E-state index in [-0.39, 0.29) is 5.91 Å². The average Bonchev–Trinajstić information content (AvgIpc) is 2.56. The molecule has 0 spiro atoms. The molecule has 0 unspecified atom stereocenters. The van der Waals surface area contributed by atoms with Crippen molar-refractivity contribution in [2.24, 2.45) is 0 Å². The first kappa shape index (κ1) is 15.0. The second kappa shape index (κ2) is 6.93. The van der Waals surface area contributed by atoms with Crippen molar-refractivity contribution in [2.45, 2.75) is 38.1 Å². The molecule has 1 amide bonds. The summed E-state index contributed by atoms with van der Waals surface area (Å²) < 4.78 is 1.01. The van der Waals surface area contributed by atoms with Crippen molar-refractivity contribution in [1.29, 1.82) is 0 Å². The summed E-state index contributed by atoms with van der Waals surface area (Å²) in [5.74, 6) is 0.172. The zero-order valence-corrected chi connectivity index (χ0v) is 14.0. The maximum absolute atomic E-state index is 12.5. The van der Waals surface area contributed by atoms with E-state index < -0.39 is 0 Å². The van der Waals surface area contributed by atoms with E-state index in [0.717, 1.165) is 42.3 Å². The fourth-order valence-electron chi connectivity index (χ4n) is 3.51. The maximum atomic E-state index is 12.5. The van der Waals surface area contributed by atoms with Crippen molar-refractivity contribution in [3.63, 3.8) is 0 Å². The Hall–Kier alpha value is -0.870. The molecule has 21 heavy (non-hydrogen) atoms. The van der Waals surface area contributed by atoms with Gasteiger partial charge in [-0.1, -0.05) is 35.2 Å². The first-order chi connectivity index (χ1) is 10.2. The molecule has 0 N–H and O–H groups in total.